The number of halogens is 3. The number of aromatic nitrogens is 4. The number of carbonyl (C=O) groups excluding carboxylic acids is 1. The molecule has 6 nitrogen and oxygen atoms in total. The van der Waals surface area contributed by atoms with Gasteiger partial charge in [0.25, 0.3) is 0 Å². The molecule has 0 aliphatic heterocycles. The number of carbonyl (C=O) groups is 1. The molecule has 0 amide bonds. The predicted octanol–water partition coefficient (Wildman–Crippen LogP) is 4.83. The Balaban J connectivity index is 1.67. The zero-order chi connectivity index (χ0) is 21.9. The number of rotatable bonds is 6. The molecule has 0 atom stereocenters. The van der Waals surface area contributed by atoms with E-state index < -0.39 is 6.36 Å². The van der Waals surface area contributed by atoms with E-state index in [2.05, 4.69) is 41.0 Å². The second-order valence-electron chi connectivity index (χ2n) is 7.45. The van der Waals surface area contributed by atoms with E-state index in [9.17, 15) is 18.0 Å². The largest absolute Gasteiger partial charge is 0.573 e. The minimum Gasteiger partial charge on any atom is -0.406 e. The van der Waals surface area contributed by atoms with Crippen LogP contribution < -0.4 is 4.74 Å². The molecule has 0 bridgehead atoms. The van der Waals surface area contributed by atoms with Crippen LogP contribution in [-0.4, -0.2) is 38.1 Å². The Bertz CT molecular complexity index is 1010. The van der Waals surface area contributed by atoms with Crippen LogP contribution >= 0.6 is 11.8 Å². The summed E-state index contributed by atoms with van der Waals surface area (Å²) in [5, 5.41) is 11.7. The van der Waals surface area contributed by atoms with Crippen LogP contribution in [-0.2, 0) is 5.41 Å². The summed E-state index contributed by atoms with van der Waals surface area (Å²) in [6.07, 6.45) is -4.76. The third-order valence-corrected chi connectivity index (χ3v) is 5.08. The number of tetrazole rings is 1. The first-order chi connectivity index (χ1) is 14.0. The molecule has 3 aromatic rings. The quantitative estimate of drug-likeness (QED) is 0.407. The molecule has 0 aliphatic rings. The van der Waals surface area contributed by atoms with Gasteiger partial charge in [0.05, 0.1) is 11.4 Å². The molecule has 158 valence electrons. The van der Waals surface area contributed by atoms with Crippen LogP contribution in [0.5, 0.6) is 5.75 Å². The summed E-state index contributed by atoms with van der Waals surface area (Å²) < 4.78 is 42.0. The topological polar surface area (TPSA) is 69.9 Å². The lowest BCUT2D eigenvalue weighted by atomic mass is 9.86. The van der Waals surface area contributed by atoms with Crippen LogP contribution in [0.3, 0.4) is 0 Å². The summed E-state index contributed by atoms with van der Waals surface area (Å²) >= 11 is 1.14. The van der Waals surface area contributed by atoms with Gasteiger partial charge in [-0.15, -0.1) is 18.3 Å². The van der Waals surface area contributed by atoms with Crippen LogP contribution in [0, 0.1) is 0 Å². The molecule has 0 N–H and O–H groups in total. The molecule has 1 heterocycles. The predicted molar refractivity (Wildman–Crippen MR) is 106 cm³/mol. The Morgan fingerprint density at radius 2 is 1.67 bits per heavy atom. The van der Waals surface area contributed by atoms with E-state index in [1.165, 1.54) is 28.9 Å². The van der Waals surface area contributed by atoms with Gasteiger partial charge in [0, 0.05) is 5.56 Å². The van der Waals surface area contributed by atoms with Crippen LogP contribution in [0.25, 0.3) is 5.69 Å². The van der Waals surface area contributed by atoms with E-state index >= 15 is 0 Å². The smallest absolute Gasteiger partial charge is 0.406 e. The van der Waals surface area contributed by atoms with Crippen molar-refractivity contribution < 1.29 is 22.7 Å². The SMILES string of the molecule is CC(C)(C)c1ccc(C(=O)CSc2nnnn2-c2ccc(OC(F)(F)F)cc2)cc1. The molecule has 0 saturated heterocycles. The normalized spacial score (nSPS) is 12.1. The number of Topliss-reactive ketones (excluding diaryl/α,β-unsaturated/α-hetero) is 1. The molecule has 0 fully saturated rings. The van der Waals surface area contributed by atoms with E-state index in [1.807, 2.05) is 12.1 Å². The minimum absolute atomic E-state index is 0.000888. The minimum atomic E-state index is -4.76. The van der Waals surface area contributed by atoms with E-state index in [0.29, 0.717) is 16.4 Å². The number of nitrogens with zero attached hydrogens (tertiary/aromatic N) is 4. The van der Waals surface area contributed by atoms with Crippen molar-refractivity contribution in [1.82, 2.24) is 20.2 Å². The highest BCUT2D eigenvalue weighted by atomic mass is 32.2. The lowest BCUT2D eigenvalue weighted by Crippen LogP contribution is -2.17. The Morgan fingerprint density at radius 1 is 1.03 bits per heavy atom. The van der Waals surface area contributed by atoms with Crippen molar-refractivity contribution in [2.75, 3.05) is 5.75 Å². The standard InChI is InChI=1S/C20H19F3N4O2S/c1-19(2,3)14-6-4-13(5-7-14)17(28)12-30-18-24-25-26-27(18)15-8-10-16(11-9-15)29-20(21,22)23/h4-11H,12H2,1-3H3. The number of ketones is 1. The summed E-state index contributed by atoms with van der Waals surface area (Å²) in [5.41, 5.74) is 2.16. The number of benzene rings is 2. The van der Waals surface area contributed by atoms with Gasteiger partial charge in [-0.05, 0) is 45.7 Å². The highest BCUT2D eigenvalue weighted by Gasteiger charge is 2.31. The highest BCUT2D eigenvalue weighted by molar-refractivity contribution is 7.99. The Kier molecular flexibility index (Phi) is 6.16. The van der Waals surface area contributed by atoms with Crippen molar-refractivity contribution in [2.45, 2.75) is 37.7 Å². The van der Waals surface area contributed by atoms with Crippen LogP contribution in [0.2, 0.25) is 0 Å². The second kappa shape index (κ2) is 8.47. The molecule has 2 aromatic carbocycles. The first-order valence-corrected chi connectivity index (χ1v) is 9.92. The maximum atomic E-state index is 12.5. The molecule has 0 unspecified atom stereocenters. The monoisotopic (exact) mass is 436 g/mol. The van der Waals surface area contributed by atoms with Gasteiger partial charge in [-0.25, -0.2) is 0 Å². The average molecular weight is 436 g/mol. The summed E-state index contributed by atoms with van der Waals surface area (Å²) in [7, 11) is 0. The molecule has 0 aliphatic carbocycles. The van der Waals surface area contributed by atoms with Crippen molar-refractivity contribution in [1.29, 1.82) is 0 Å². The number of alkyl halides is 3. The molecule has 30 heavy (non-hydrogen) atoms. The first kappa shape index (κ1) is 21.8. The maximum absolute atomic E-state index is 12.5. The third-order valence-electron chi connectivity index (χ3n) is 4.16. The van der Waals surface area contributed by atoms with Crippen LogP contribution in [0.4, 0.5) is 13.2 Å². The van der Waals surface area contributed by atoms with E-state index in [1.54, 1.807) is 12.1 Å². The maximum Gasteiger partial charge on any atom is 0.573 e. The molecule has 1 aromatic heterocycles. The second-order valence-corrected chi connectivity index (χ2v) is 8.40. The van der Waals surface area contributed by atoms with Gasteiger partial charge in [0.2, 0.25) is 5.16 Å². The van der Waals surface area contributed by atoms with E-state index in [-0.39, 0.29) is 22.7 Å². The van der Waals surface area contributed by atoms with E-state index in [0.717, 1.165) is 17.3 Å². The summed E-state index contributed by atoms with van der Waals surface area (Å²) in [4.78, 5) is 12.5. The fraction of sp³-hybridized carbons (Fsp3) is 0.300. The molecule has 0 spiro atoms. The molecule has 0 radical (unpaired) electrons. The van der Waals surface area contributed by atoms with Gasteiger partial charge in [0.15, 0.2) is 5.78 Å². The Morgan fingerprint density at radius 3 is 2.23 bits per heavy atom. The van der Waals surface area contributed by atoms with Crippen LogP contribution in [0.15, 0.2) is 53.7 Å². The number of ether oxygens (including phenoxy) is 1. The fourth-order valence-corrected chi connectivity index (χ4v) is 3.37. The third kappa shape index (κ3) is 5.59. The van der Waals surface area contributed by atoms with Crippen molar-refractivity contribution >= 4 is 17.5 Å². The molecular weight excluding hydrogens is 417 g/mol. The first-order valence-electron chi connectivity index (χ1n) is 8.94. The average Bonchev–Trinajstić information content (AvgIpc) is 3.13. The van der Waals surface area contributed by atoms with Gasteiger partial charge in [-0.1, -0.05) is 56.8 Å². The van der Waals surface area contributed by atoms with Crippen LogP contribution in [0.1, 0.15) is 36.7 Å². The lowest BCUT2D eigenvalue weighted by Gasteiger charge is -2.18. The van der Waals surface area contributed by atoms with Gasteiger partial charge >= 0.3 is 6.36 Å². The zero-order valence-corrected chi connectivity index (χ0v) is 17.3. The summed E-state index contributed by atoms with van der Waals surface area (Å²) in [6, 6.07) is 12.6. The Labute approximate surface area is 175 Å². The molecule has 0 saturated carbocycles. The van der Waals surface area contributed by atoms with Gasteiger partial charge < -0.3 is 4.74 Å². The summed E-state index contributed by atoms with van der Waals surface area (Å²) in [6.45, 7) is 6.30. The number of hydrogen-bond donors (Lipinski definition) is 0. The van der Waals surface area contributed by atoms with Crippen molar-refractivity contribution in [3.63, 3.8) is 0 Å². The zero-order valence-electron chi connectivity index (χ0n) is 16.5. The number of thioether (sulfide) groups is 1. The fourth-order valence-electron chi connectivity index (χ4n) is 2.59. The van der Waals surface area contributed by atoms with Gasteiger partial charge in [-0.3, -0.25) is 4.79 Å². The van der Waals surface area contributed by atoms with Gasteiger partial charge in [0.1, 0.15) is 5.75 Å². The highest BCUT2D eigenvalue weighted by Crippen LogP contribution is 2.26. The lowest BCUT2D eigenvalue weighted by molar-refractivity contribution is -0.274. The van der Waals surface area contributed by atoms with Crippen molar-refractivity contribution in [3.8, 4) is 11.4 Å². The van der Waals surface area contributed by atoms with E-state index in [4.69, 9.17) is 0 Å². The molecule has 3 rings (SSSR count). The Hall–Kier alpha value is -2.88. The van der Waals surface area contributed by atoms with Gasteiger partial charge in [-0.2, -0.15) is 4.68 Å². The van der Waals surface area contributed by atoms with Crippen molar-refractivity contribution in [2.24, 2.45) is 0 Å². The molecule has 10 heteroatoms. The number of hydrogen-bond acceptors (Lipinski definition) is 6. The molecular formula is C20H19F3N4O2S. The summed E-state index contributed by atoms with van der Waals surface area (Å²) in [5.74, 6) is -0.309. The van der Waals surface area contributed by atoms with Crippen molar-refractivity contribution in [3.05, 3.63) is 59.7 Å².